The molecule has 0 rings (SSSR count). The lowest BCUT2D eigenvalue weighted by Gasteiger charge is -2.29. The maximum Gasteiger partial charge on any atom is 0.328 e. The summed E-state index contributed by atoms with van der Waals surface area (Å²) < 4.78 is 4.66. The molecule has 0 aliphatic carbocycles. The molecular weight excluding hydrogens is 252 g/mol. The van der Waals surface area contributed by atoms with Crippen molar-refractivity contribution in [2.75, 3.05) is 7.11 Å². The highest BCUT2D eigenvalue weighted by Crippen LogP contribution is 2.22. The van der Waals surface area contributed by atoms with Gasteiger partial charge < -0.3 is 15.8 Å². The predicted molar refractivity (Wildman–Crippen MR) is 74.0 cm³/mol. The van der Waals surface area contributed by atoms with E-state index in [1.54, 1.807) is 6.92 Å². The van der Waals surface area contributed by atoms with Crippen LogP contribution in [-0.2, 0) is 14.3 Å². The van der Waals surface area contributed by atoms with Gasteiger partial charge in [-0.1, -0.05) is 33.0 Å². The number of nitrogens with two attached hydrogens (primary N) is 1. The van der Waals surface area contributed by atoms with E-state index in [-0.39, 0.29) is 16.8 Å². The van der Waals surface area contributed by atoms with Crippen molar-refractivity contribution in [2.45, 2.75) is 40.2 Å². The van der Waals surface area contributed by atoms with Crippen molar-refractivity contribution in [1.82, 2.24) is 5.32 Å². The molecule has 5 nitrogen and oxygen atoms in total. The standard InChI is InChI=1S/C12H22N2O3S/c1-6-12(4,10(13)18)11(16)14-8(7(2)3)9(15)17-5/h7-8H,6H2,1-5H3,(H2,13,18)(H,14,16). The average Bonchev–Trinajstić information content (AvgIpc) is 2.32. The molecule has 0 heterocycles. The molecule has 0 fully saturated rings. The molecular formula is C12H22N2O3S. The number of carbonyl (C=O) groups is 2. The summed E-state index contributed by atoms with van der Waals surface area (Å²) in [4.78, 5) is 23.9. The number of thiocarbonyl (C=S) groups is 1. The van der Waals surface area contributed by atoms with Crippen molar-refractivity contribution >= 4 is 29.1 Å². The molecule has 0 aromatic heterocycles. The summed E-state index contributed by atoms with van der Waals surface area (Å²) in [5.41, 5.74) is 4.65. The van der Waals surface area contributed by atoms with Gasteiger partial charge in [0.05, 0.1) is 17.5 Å². The van der Waals surface area contributed by atoms with E-state index >= 15 is 0 Å². The number of hydrogen-bond acceptors (Lipinski definition) is 4. The van der Waals surface area contributed by atoms with Gasteiger partial charge in [-0.3, -0.25) is 4.79 Å². The molecule has 3 N–H and O–H groups in total. The van der Waals surface area contributed by atoms with E-state index in [0.29, 0.717) is 6.42 Å². The minimum absolute atomic E-state index is 0.0751. The van der Waals surface area contributed by atoms with Gasteiger partial charge in [-0.15, -0.1) is 0 Å². The van der Waals surface area contributed by atoms with E-state index in [1.165, 1.54) is 7.11 Å². The lowest BCUT2D eigenvalue weighted by Crippen LogP contribution is -2.53. The Morgan fingerprint density at radius 2 is 1.94 bits per heavy atom. The molecule has 0 aliphatic rings. The monoisotopic (exact) mass is 274 g/mol. The lowest BCUT2D eigenvalue weighted by atomic mass is 9.85. The van der Waals surface area contributed by atoms with Crippen LogP contribution in [0.2, 0.25) is 0 Å². The molecule has 0 spiro atoms. The fraction of sp³-hybridized carbons (Fsp3) is 0.750. The Bertz CT molecular complexity index is 344. The van der Waals surface area contributed by atoms with E-state index < -0.39 is 17.4 Å². The summed E-state index contributed by atoms with van der Waals surface area (Å²) >= 11 is 4.92. The molecule has 0 aromatic rings. The van der Waals surface area contributed by atoms with Crippen LogP contribution in [-0.4, -0.2) is 30.0 Å². The van der Waals surface area contributed by atoms with Crippen LogP contribution in [0.1, 0.15) is 34.1 Å². The van der Waals surface area contributed by atoms with Crippen molar-refractivity contribution in [2.24, 2.45) is 17.1 Å². The fourth-order valence-corrected chi connectivity index (χ4v) is 1.61. The van der Waals surface area contributed by atoms with Crippen molar-refractivity contribution in [3.05, 3.63) is 0 Å². The molecule has 0 aliphatic heterocycles. The number of amides is 1. The van der Waals surface area contributed by atoms with Crippen LogP contribution < -0.4 is 11.1 Å². The molecule has 1 amide bonds. The second-order valence-corrected chi connectivity index (χ2v) is 5.21. The molecule has 0 saturated carbocycles. The van der Waals surface area contributed by atoms with Gasteiger partial charge >= 0.3 is 5.97 Å². The number of hydrogen-bond donors (Lipinski definition) is 2. The van der Waals surface area contributed by atoms with Gasteiger partial charge in [0.15, 0.2) is 0 Å². The third-order valence-corrected chi connectivity index (χ3v) is 3.61. The summed E-state index contributed by atoms with van der Waals surface area (Å²) in [7, 11) is 1.29. The molecule has 0 radical (unpaired) electrons. The van der Waals surface area contributed by atoms with Crippen LogP contribution in [0.3, 0.4) is 0 Å². The molecule has 0 saturated heterocycles. The molecule has 0 aromatic carbocycles. The molecule has 104 valence electrons. The number of rotatable bonds is 6. The number of carbonyl (C=O) groups excluding carboxylic acids is 2. The Balaban J connectivity index is 5.01. The van der Waals surface area contributed by atoms with Crippen molar-refractivity contribution in [3.8, 4) is 0 Å². The topological polar surface area (TPSA) is 81.4 Å². The molecule has 0 bridgehead atoms. The van der Waals surface area contributed by atoms with E-state index in [0.717, 1.165) is 0 Å². The number of ether oxygens (including phenoxy) is 1. The Hall–Kier alpha value is -1.17. The highest BCUT2D eigenvalue weighted by atomic mass is 32.1. The maximum absolute atomic E-state index is 12.2. The second-order valence-electron chi connectivity index (χ2n) is 4.77. The molecule has 6 heteroatoms. The second kappa shape index (κ2) is 6.68. The number of esters is 1. The molecule has 2 unspecified atom stereocenters. The van der Waals surface area contributed by atoms with Gasteiger partial charge in [-0.25, -0.2) is 4.79 Å². The van der Waals surface area contributed by atoms with Crippen molar-refractivity contribution < 1.29 is 14.3 Å². The van der Waals surface area contributed by atoms with E-state index in [2.05, 4.69) is 10.1 Å². The van der Waals surface area contributed by atoms with Gasteiger partial charge in [0.25, 0.3) is 0 Å². The lowest BCUT2D eigenvalue weighted by molar-refractivity contribution is -0.147. The van der Waals surface area contributed by atoms with Crippen LogP contribution in [0.5, 0.6) is 0 Å². The summed E-state index contributed by atoms with van der Waals surface area (Å²) in [6, 6.07) is -0.692. The Kier molecular flexibility index (Phi) is 6.25. The van der Waals surface area contributed by atoms with E-state index in [1.807, 2.05) is 20.8 Å². The predicted octanol–water partition coefficient (Wildman–Crippen LogP) is 1.00. The first-order valence-electron chi connectivity index (χ1n) is 5.89. The third-order valence-electron chi connectivity index (χ3n) is 3.16. The number of methoxy groups -OCH3 is 1. The summed E-state index contributed by atoms with van der Waals surface area (Å²) in [6.07, 6.45) is 0.472. The summed E-state index contributed by atoms with van der Waals surface area (Å²) in [5, 5.41) is 2.66. The SMILES string of the molecule is CCC(C)(C(=O)NC(C(=O)OC)C(C)C)C(N)=S. The van der Waals surface area contributed by atoms with Gasteiger partial charge in [-0.05, 0) is 19.3 Å². The number of nitrogens with one attached hydrogen (secondary N) is 1. The van der Waals surface area contributed by atoms with Gasteiger partial charge in [-0.2, -0.15) is 0 Å². The highest BCUT2D eigenvalue weighted by Gasteiger charge is 2.37. The quantitative estimate of drug-likeness (QED) is 0.558. The van der Waals surface area contributed by atoms with Crippen LogP contribution in [0.25, 0.3) is 0 Å². The van der Waals surface area contributed by atoms with E-state index in [9.17, 15) is 9.59 Å². The van der Waals surface area contributed by atoms with Crippen molar-refractivity contribution in [1.29, 1.82) is 0 Å². The zero-order chi connectivity index (χ0) is 14.5. The van der Waals surface area contributed by atoms with Crippen LogP contribution in [0.15, 0.2) is 0 Å². The van der Waals surface area contributed by atoms with Gasteiger partial charge in [0.1, 0.15) is 6.04 Å². The van der Waals surface area contributed by atoms with Crippen LogP contribution >= 0.6 is 12.2 Å². The fourth-order valence-electron chi connectivity index (χ4n) is 1.37. The normalized spacial score (nSPS) is 15.7. The minimum atomic E-state index is -0.948. The third kappa shape index (κ3) is 3.66. The first-order chi connectivity index (χ1) is 8.20. The zero-order valence-corrected chi connectivity index (χ0v) is 12.4. The molecule has 2 atom stereocenters. The smallest absolute Gasteiger partial charge is 0.328 e. The Labute approximate surface area is 113 Å². The minimum Gasteiger partial charge on any atom is -0.467 e. The van der Waals surface area contributed by atoms with Crippen molar-refractivity contribution in [3.63, 3.8) is 0 Å². The first kappa shape index (κ1) is 16.8. The Morgan fingerprint density at radius 1 is 1.44 bits per heavy atom. The van der Waals surface area contributed by atoms with Gasteiger partial charge in [0, 0.05) is 0 Å². The van der Waals surface area contributed by atoms with Crippen LogP contribution in [0, 0.1) is 11.3 Å². The summed E-state index contributed by atoms with van der Waals surface area (Å²) in [6.45, 7) is 7.14. The van der Waals surface area contributed by atoms with Gasteiger partial charge in [0.2, 0.25) is 5.91 Å². The largest absolute Gasteiger partial charge is 0.467 e. The first-order valence-corrected chi connectivity index (χ1v) is 6.30. The zero-order valence-electron chi connectivity index (χ0n) is 11.6. The highest BCUT2D eigenvalue weighted by molar-refractivity contribution is 7.80. The Morgan fingerprint density at radius 3 is 2.22 bits per heavy atom. The average molecular weight is 274 g/mol. The molecule has 18 heavy (non-hydrogen) atoms. The maximum atomic E-state index is 12.2. The van der Waals surface area contributed by atoms with E-state index in [4.69, 9.17) is 18.0 Å². The summed E-state index contributed by atoms with van der Waals surface area (Å²) in [5.74, 6) is -0.893. The van der Waals surface area contributed by atoms with Crippen LogP contribution in [0.4, 0.5) is 0 Å².